The fourth-order valence-corrected chi connectivity index (χ4v) is 3.60. The Morgan fingerprint density at radius 2 is 2.32 bits per heavy atom. The highest BCUT2D eigenvalue weighted by atomic mass is 79.9. The van der Waals surface area contributed by atoms with E-state index < -0.39 is 4.92 Å². The molecule has 0 radical (unpaired) electrons. The molecule has 0 aliphatic carbocycles. The third kappa shape index (κ3) is 2.92. The van der Waals surface area contributed by atoms with E-state index in [9.17, 15) is 14.9 Å². The minimum atomic E-state index is -0.490. The molecule has 1 aliphatic rings. The lowest BCUT2D eigenvalue weighted by atomic mass is 10.1. The molecule has 1 aliphatic heterocycles. The first-order chi connectivity index (χ1) is 9.02. The van der Waals surface area contributed by atoms with Gasteiger partial charge in [0, 0.05) is 30.2 Å². The van der Waals surface area contributed by atoms with E-state index in [0.29, 0.717) is 12.1 Å². The molecule has 0 saturated carbocycles. The second kappa shape index (κ2) is 5.92. The number of halogens is 1. The molecule has 1 amide bonds. The van der Waals surface area contributed by atoms with Crippen LogP contribution in [0.1, 0.15) is 17.3 Å². The normalized spacial score (nSPS) is 19.3. The number of nitro benzene ring substituents is 1. The van der Waals surface area contributed by atoms with Crippen LogP contribution in [0.4, 0.5) is 5.69 Å². The summed E-state index contributed by atoms with van der Waals surface area (Å²) >= 11 is 4.99. The molecule has 102 valence electrons. The van der Waals surface area contributed by atoms with Crippen molar-refractivity contribution in [1.29, 1.82) is 0 Å². The number of hydrogen-bond donors (Lipinski definition) is 0. The van der Waals surface area contributed by atoms with Crippen molar-refractivity contribution in [2.45, 2.75) is 13.0 Å². The number of amides is 1. The molecule has 0 spiro atoms. The van der Waals surface area contributed by atoms with Gasteiger partial charge in [-0.3, -0.25) is 14.9 Å². The van der Waals surface area contributed by atoms with Gasteiger partial charge in [-0.15, -0.1) is 0 Å². The van der Waals surface area contributed by atoms with Gasteiger partial charge in [0.1, 0.15) is 4.47 Å². The summed E-state index contributed by atoms with van der Waals surface area (Å²) in [5.74, 6) is 1.66. The van der Waals surface area contributed by atoms with Crippen molar-refractivity contribution in [3.63, 3.8) is 0 Å². The maximum atomic E-state index is 12.5. The quantitative estimate of drug-likeness (QED) is 0.611. The van der Waals surface area contributed by atoms with Crippen molar-refractivity contribution >= 4 is 39.3 Å². The summed E-state index contributed by atoms with van der Waals surface area (Å²) in [6.45, 7) is 2.68. The zero-order valence-electron chi connectivity index (χ0n) is 10.3. The van der Waals surface area contributed by atoms with Crippen molar-refractivity contribution in [3.05, 3.63) is 38.3 Å². The lowest BCUT2D eigenvalue weighted by Gasteiger charge is -2.33. The van der Waals surface area contributed by atoms with Crippen LogP contribution in [0.2, 0.25) is 0 Å². The van der Waals surface area contributed by atoms with Gasteiger partial charge in [-0.25, -0.2) is 0 Å². The molecule has 1 aromatic rings. The summed E-state index contributed by atoms with van der Waals surface area (Å²) in [7, 11) is 0. The molecular formula is C12H13BrN2O3S. The second-order valence-corrected chi connectivity index (χ2v) is 6.26. The van der Waals surface area contributed by atoms with E-state index >= 15 is 0 Å². The van der Waals surface area contributed by atoms with E-state index in [1.807, 2.05) is 18.7 Å². The van der Waals surface area contributed by atoms with Crippen molar-refractivity contribution in [3.8, 4) is 0 Å². The number of carbonyl (C=O) groups excluding carboxylic acids is 1. The first-order valence-corrected chi connectivity index (χ1v) is 7.78. The van der Waals surface area contributed by atoms with E-state index in [1.165, 1.54) is 6.07 Å². The molecule has 1 saturated heterocycles. The van der Waals surface area contributed by atoms with Crippen LogP contribution < -0.4 is 0 Å². The van der Waals surface area contributed by atoms with Gasteiger partial charge >= 0.3 is 0 Å². The second-order valence-electron chi connectivity index (χ2n) is 4.32. The average Bonchev–Trinajstić information content (AvgIpc) is 2.38. The van der Waals surface area contributed by atoms with E-state index in [-0.39, 0.29) is 22.1 Å². The molecule has 1 heterocycles. The van der Waals surface area contributed by atoms with E-state index in [4.69, 9.17) is 0 Å². The van der Waals surface area contributed by atoms with Crippen LogP contribution in [-0.2, 0) is 0 Å². The molecule has 0 aromatic heterocycles. The number of carbonyl (C=O) groups is 1. The molecule has 1 aromatic carbocycles. The molecule has 19 heavy (non-hydrogen) atoms. The Hall–Kier alpha value is -1.08. The molecule has 7 heteroatoms. The number of hydrogen-bond acceptors (Lipinski definition) is 4. The predicted octanol–water partition coefficient (Wildman–Crippen LogP) is 2.93. The van der Waals surface area contributed by atoms with Gasteiger partial charge in [0.15, 0.2) is 0 Å². The standard InChI is InChI=1S/C12H13BrN2O3S/c1-8-7-19-6-5-14(8)12(16)9-3-2-4-10(11(9)13)15(17)18/h2-4,8H,5-7H2,1H3. The number of thioether (sulfide) groups is 1. The Morgan fingerprint density at radius 3 is 2.95 bits per heavy atom. The summed E-state index contributed by atoms with van der Waals surface area (Å²) in [6, 6.07) is 4.70. The SMILES string of the molecule is CC1CSCCN1C(=O)c1cccc([N+](=O)[O-])c1Br. The average molecular weight is 345 g/mol. The third-order valence-electron chi connectivity index (χ3n) is 3.03. The molecule has 0 N–H and O–H groups in total. The Labute approximate surface area is 123 Å². The molecule has 5 nitrogen and oxygen atoms in total. The van der Waals surface area contributed by atoms with Gasteiger partial charge in [0.2, 0.25) is 0 Å². The minimum absolute atomic E-state index is 0.0788. The topological polar surface area (TPSA) is 63.5 Å². The highest BCUT2D eigenvalue weighted by molar-refractivity contribution is 9.10. The van der Waals surface area contributed by atoms with Crippen LogP contribution in [0.3, 0.4) is 0 Å². The first kappa shape index (κ1) is 14.3. The van der Waals surface area contributed by atoms with Gasteiger partial charge in [0.05, 0.1) is 10.5 Å². The number of nitrogens with zero attached hydrogens (tertiary/aromatic N) is 2. The highest BCUT2D eigenvalue weighted by Crippen LogP contribution is 2.30. The fourth-order valence-electron chi connectivity index (χ4n) is 2.01. The first-order valence-electron chi connectivity index (χ1n) is 5.84. The summed E-state index contributed by atoms with van der Waals surface area (Å²) in [4.78, 5) is 24.6. The summed E-state index contributed by atoms with van der Waals surface area (Å²) in [6.07, 6.45) is 0. The maximum absolute atomic E-state index is 12.5. The molecule has 0 bridgehead atoms. The van der Waals surface area contributed by atoms with Crippen molar-refractivity contribution in [1.82, 2.24) is 4.90 Å². The van der Waals surface area contributed by atoms with Crippen LogP contribution in [0.5, 0.6) is 0 Å². The Balaban J connectivity index is 2.33. The minimum Gasteiger partial charge on any atom is -0.334 e. The summed E-state index contributed by atoms with van der Waals surface area (Å²) < 4.78 is 0.260. The fraction of sp³-hybridized carbons (Fsp3) is 0.417. The van der Waals surface area contributed by atoms with Crippen LogP contribution in [-0.4, -0.2) is 39.8 Å². The smallest absolute Gasteiger partial charge is 0.284 e. The van der Waals surface area contributed by atoms with Crippen LogP contribution in [0.15, 0.2) is 22.7 Å². The zero-order valence-corrected chi connectivity index (χ0v) is 12.7. The van der Waals surface area contributed by atoms with E-state index in [2.05, 4.69) is 15.9 Å². The highest BCUT2D eigenvalue weighted by Gasteiger charge is 2.28. The summed E-state index contributed by atoms with van der Waals surface area (Å²) in [5.41, 5.74) is 0.276. The lowest BCUT2D eigenvalue weighted by molar-refractivity contribution is -0.385. The number of nitro groups is 1. The molecule has 2 rings (SSSR count). The van der Waals surface area contributed by atoms with Gasteiger partial charge < -0.3 is 4.90 Å². The Kier molecular flexibility index (Phi) is 4.46. The third-order valence-corrected chi connectivity index (χ3v) is 5.06. The van der Waals surface area contributed by atoms with Crippen molar-refractivity contribution < 1.29 is 9.72 Å². The Morgan fingerprint density at radius 1 is 1.58 bits per heavy atom. The van der Waals surface area contributed by atoms with Crippen molar-refractivity contribution in [2.24, 2.45) is 0 Å². The number of benzene rings is 1. The van der Waals surface area contributed by atoms with Crippen LogP contribution in [0.25, 0.3) is 0 Å². The monoisotopic (exact) mass is 344 g/mol. The van der Waals surface area contributed by atoms with Gasteiger partial charge in [-0.05, 0) is 28.9 Å². The van der Waals surface area contributed by atoms with Crippen LogP contribution >= 0.6 is 27.7 Å². The largest absolute Gasteiger partial charge is 0.334 e. The van der Waals surface area contributed by atoms with Crippen molar-refractivity contribution in [2.75, 3.05) is 18.1 Å². The van der Waals surface area contributed by atoms with Gasteiger partial charge in [0.25, 0.3) is 11.6 Å². The maximum Gasteiger partial charge on any atom is 0.284 e. The molecular weight excluding hydrogens is 332 g/mol. The van der Waals surface area contributed by atoms with Gasteiger partial charge in [-0.2, -0.15) is 11.8 Å². The zero-order chi connectivity index (χ0) is 14.0. The predicted molar refractivity (Wildman–Crippen MR) is 78.6 cm³/mol. The number of rotatable bonds is 2. The van der Waals surface area contributed by atoms with Crippen LogP contribution in [0, 0.1) is 10.1 Å². The molecule has 1 fully saturated rings. The van der Waals surface area contributed by atoms with E-state index in [0.717, 1.165) is 11.5 Å². The Bertz CT molecular complexity index is 524. The molecule has 1 unspecified atom stereocenters. The summed E-state index contributed by atoms with van der Waals surface area (Å²) in [5, 5.41) is 10.9. The molecule has 1 atom stereocenters. The van der Waals surface area contributed by atoms with E-state index in [1.54, 1.807) is 17.0 Å². The van der Waals surface area contributed by atoms with Gasteiger partial charge in [-0.1, -0.05) is 6.07 Å². The lowest BCUT2D eigenvalue weighted by Crippen LogP contribution is -2.44.